The van der Waals surface area contributed by atoms with Crippen LogP contribution in [0.3, 0.4) is 0 Å². The predicted molar refractivity (Wildman–Crippen MR) is 121 cm³/mol. The van der Waals surface area contributed by atoms with E-state index in [0.717, 1.165) is 55.2 Å². The number of hydrogen-bond acceptors (Lipinski definition) is 4. The summed E-state index contributed by atoms with van der Waals surface area (Å²) in [5.74, 6) is -0.435. The van der Waals surface area contributed by atoms with Crippen LogP contribution in [0.25, 0.3) is 5.57 Å². The van der Waals surface area contributed by atoms with Crippen LogP contribution in [0.15, 0.2) is 47.5 Å². The van der Waals surface area contributed by atoms with Crippen LogP contribution in [0.1, 0.15) is 30.5 Å². The summed E-state index contributed by atoms with van der Waals surface area (Å²) < 4.78 is 18.8. The van der Waals surface area contributed by atoms with Crippen LogP contribution < -0.4 is 4.90 Å². The second-order valence-electron chi connectivity index (χ2n) is 9.00. The van der Waals surface area contributed by atoms with Crippen LogP contribution >= 0.6 is 0 Å². The van der Waals surface area contributed by atoms with Crippen molar-refractivity contribution in [2.75, 3.05) is 37.7 Å². The smallest absolute Gasteiger partial charge is 0.278 e. The Labute approximate surface area is 181 Å². The van der Waals surface area contributed by atoms with E-state index < -0.39 is 5.54 Å². The van der Waals surface area contributed by atoms with Gasteiger partial charge in [0.25, 0.3) is 5.91 Å². The average Bonchev–Trinajstić information content (AvgIpc) is 3.01. The van der Waals surface area contributed by atoms with E-state index in [2.05, 4.69) is 35.9 Å². The van der Waals surface area contributed by atoms with Gasteiger partial charge in [0, 0.05) is 30.8 Å². The molecular formula is C25H26FN3O2. The summed E-state index contributed by atoms with van der Waals surface area (Å²) in [6.45, 7) is 10.3. The van der Waals surface area contributed by atoms with Crippen molar-refractivity contribution in [3.63, 3.8) is 0 Å². The number of aryl methyl sites for hydroxylation is 1. The first kappa shape index (κ1) is 20.1. The van der Waals surface area contributed by atoms with E-state index in [1.54, 1.807) is 12.1 Å². The molecule has 0 saturated carbocycles. The Hall–Kier alpha value is -2.83. The first-order valence-electron chi connectivity index (χ1n) is 10.7. The first-order valence-corrected chi connectivity index (χ1v) is 10.7. The molecule has 1 amide bonds. The molecule has 3 heterocycles. The van der Waals surface area contributed by atoms with Gasteiger partial charge in [-0.1, -0.05) is 6.08 Å². The number of carbonyl (C=O) groups excluding carboxylic acids is 1. The van der Waals surface area contributed by atoms with E-state index in [1.807, 2.05) is 17.9 Å². The van der Waals surface area contributed by atoms with Crippen LogP contribution in [0.2, 0.25) is 0 Å². The molecule has 1 fully saturated rings. The highest BCUT2D eigenvalue weighted by atomic mass is 19.1. The van der Waals surface area contributed by atoms with Gasteiger partial charge in [-0.25, -0.2) is 9.38 Å². The Bertz CT molecular complexity index is 1110. The van der Waals surface area contributed by atoms with Gasteiger partial charge in [-0.2, -0.15) is 0 Å². The molecule has 5 rings (SSSR count). The van der Waals surface area contributed by atoms with Crippen molar-refractivity contribution in [3.05, 3.63) is 65.0 Å². The van der Waals surface area contributed by atoms with Gasteiger partial charge >= 0.3 is 0 Å². The minimum atomic E-state index is -0.476. The molecule has 2 aromatic carbocycles. The largest absolute Gasteiger partial charge is 0.379 e. The third kappa shape index (κ3) is 3.50. The fourth-order valence-electron chi connectivity index (χ4n) is 4.77. The molecule has 0 radical (unpaired) electrons. The van der Waals surface area contributed by atoms with Crippen molar-refractivity contribution < 1.29 is 13.9 Å². The number of carbonyl (C=O) groups is 1. The maximum Gasteiger partial charge on any atom is 0.278 e. The lowest BCUT2D eigenvalue weighted by molar-refractivity contribution is -0.112. The Morgan fingerprint density at radius 1 is 1.10 bits per heavy atom. The zero-order valence-corrected chi connectivity index (χ0v) is 18.1. The molecule has 0 atom stereocenters. The number of amides is 1. The van der Waals surface area contributed by atoms with Gasteiger partial charge < -0.3 is 4.74 Å². The number of benzene rings is 2. The monoisotopic (exact) mass is 419 g/mol. The number of morpholine rings is 1. The molecule has 1 saturated heterocycles. The maximum atomic E-state index is 13.5. The Balaban J connectivity index is 1.63. The summed E-state index contributed by atoms with van der Waals surface area (Å²) in [5.41, 5.74) is 5.72. The Morgan fingerprint density at radius 3 is 2.48 bits per heavy atom. The molecule has 2 aromatic rings. The molecule has 0 bridgehead atoms. The SMILES string of the molecule is Cc1cc2c3c(c1)C(=Nc1ccc(F)cc1)C(=O)N3C(C)(C)C=C2CN1CCOCC1. The van der Waals surface area contributed by atoms with Crippen molar-refractivity contribution in [2.45, 2.75) is 26.3 Å². The van der Waals surface area contributed by atoms with Gasteiger partial charge in [-0.15, -0.1) is 0 Å². The van der Waals surface area contributed by atoms with E-state index in [1.165, 1.54) is 17.7 Å². The van der Waals surface area contributed by atoms with Gasteiger partial charge in [0.15, 0.2) is 0 Å². The lowest BCUT2D eigenvalue weighted by atomic mass is 9.87. The Kier molecular flexibility index (Phi) is 4.79. The fourth-order valence-corrected chi connectivity index (χ4v) is 4.77. The molecule has 0 aromatic heterocycles. The van der Waals surface area contributed by atoms with E-state index in [9.17, 15) is 9.18 Å². The molecule has 160 valence electrons. The lowest BCUT2D eigenvalue weighted by Gasteiger charge is -2.40. The van der Waals surface area contributed by atoms with Crippen LogP contribution in [-0.2, 0) is 9.53 Å². The number of halogens is 1. The molecular weight excluding hydrogens is 393 g/mol. The minimum Gasteiger partial charge on any atom is -0.379 e. The van der Waals surface area contributed by atoms with E-state index in [-0.39, 0.29) is 11.7 Å². The fraction of sp³-hybridized carbons (Fsp3) is 0.360. The highest BCUT2D eigenvalue weighted by Gasteiger charge is 2.46. The van der Waals surface area contributed by atoms with Crippen molar-refractivity contribution in [3.8, 4) is 0 Å². The number of rotatable bonds is 3. The van der Waals surface area contributed by atoms with Gasteiger partial charge in [0.1, 0.15) is 11.5 Å². The summed E-state index contributed by atoms with van der Waals surface area (Å²) in [6, 6.07) is 10.1. The molecule has 0 aliphatic carbocycles. The molecule has 31 heavy (non-hydrogen) atoms. The van der Waals surface area contributed by atoms with Gasteiger partial charge in [-0.3, -0.25) is 14.6 Å². The van der Waals surface area contributed by atoms with Crippen molar-refractivity contribution in [2.24, 2.45) is 4.99 Å². The van der Waals surface area contributed by atoms with Crippen LogP contribution in [0.4, 0.5) is 15.8 Å². The van der Waals surface area contributed by atoms with Crippen LogP contribution in [-0.4, -0.2) is 54.9 Å². The van der Waals surface area contributed by atoms with Gasteiger partial charge in [0.05, 0.1) is 30.1 Å². The molecule has 0 unspecified atom stereocenters. The summed E-state index contributed by atoms with van der Waals surface area (Å²) in [6.07, 6.45) is 2.22. The quantitative estimate of drug-likeness (QED) is 0.752. The first-order chi connectivity index (χ1) is 14.8. The van der Waals surface area contributed by atoms with Gasteiger partial charge in [-0.05, 0) is 68.3 Å². The highest BCUT2D eigenvalue weighted by molar-refractivity contribution is 6.55. The summed E-state index contributed by atoms with van der Waals surface area (Å²) >= 11 is 0. The topological polar surface area (TPSA) is 45.1 Å². The average molecular weight is 420 g/mol. The normalized spacial score (nSPS) is 21.4. The molecule has 3 aliphatic heterocycles. The van der Waals surface area contributed by atoms with Crippen molar-refractivity contribution in [1.82, 2.24) is 4.90 Å². The summed E-state index contributed by atoms with van der Waals surface area (Å²) in [5, 5.41) is 0. The molecule has 6 heteroatoms. The number of nitrogens with zero attached hydrogens (tertiary/aromatic N) is 3. The molecule has 3 aliphatic rings. The molecule has 5 nitrogen and oxygen atoms in total. The van der Waals surface area contributed by atoms with E-state index in [4.69, 9.17) is 4.74 Å². The van der Waals surface area contributed by atoms with Crippen LogP contribution in [0.5, 0.6) is 0 Å². The number of hydrogen-bond donors (Lipinski definition) is 0. The summed E-state index contributed by atoms with van der Waals surface area (Å²) in [7, 11) is 0. The minimum absolute atomic E-state index is 0.113. The number of anilines is 1. The zero-order chi connectivity index (χ0) is 21.8. The maximum absolute atomic E-state index is 13.5. The molecule has 0 N–H and O–H groups in total. The van der Waals surface area contributed by atoms with Gasteiger partial charge in [0.2, 0.25) is 0 Å². The van der Waals surface area contributed by atoms with Crippen molar-refractivity contribution >= 4 is 28.6 Å². The number of ether oxygens (including phenoxy) is 1. The summed E-state index contributed by atoms with van der Waals surface area (Å²) in [4.78, 5) is 22.5. The highest BCUT2D eigenvalue weighted by Crippen LogP contribution is 2.46. The van der Waals surface area contributed by atoms with Crippen molar-refractivity contribution in [1.29, 1.82) is 0 Å². The molecule has 0 spiro atoms. The Morgan fingerprint density at radius 2 is 1.77 bits per heavy atom. The standard InChI is InChI=1S/C25H26FN3O2/c1-16-12-20-17(15-28-8-10-31-11-9-28)14-25(2,3)29-23(20)21(13-16)22(24(29)30)27-19-6-4-18(26)5-7-19/h4-7,12-14H,8-11,15H2,1-3H3. The predicted octanol–water partition coefficient (Wildman–Crippen LogP) is 4.11. The second kappa shape index (κ2) is 7.39. The second-order valence-corrected chi connectivity index (χ2v) is 9.00. The van der Waals surface area contributed by atoms with E-state index >= 15 is 0 Å². The lowest BCUT2D eigenvalue weighted by Crippen LogP contribution is -2.48. The van der Waals surface area contributed by atoms with E-state index in [0.29, 0.717) is 11.4 Å². The third-order valence-corrected chi connectivity index (χ3v) is 6.15. The number of aliphatic imine (C=N–C) groups is 1. The third-order valence-electron chi connectivity index (χ3n) is 6.15. The zero-order valence-electron chi connectivity index (χ0n) is 18.1. The van der Waals surface area contributed by atoms with Crippen LogP contribution in [0, 0.1) is 12.7 Å².